The van der Waals surface area contributed by atoms with Crippen molar-refractivity contribution in [1.29, 1.82) is 0 Å². The molecule has 0 aliphatic carbocycles. The Bertz CT molecular complexity index is 254. The van der Waals surface area contributed by atoms with Gasteiger partial charge < -0.3 is 20.9 Å². The van der Waals surface area contributed by atoms with Gasteiger partial charge in [0.1, 0.15) is 0 Å². The molecule has 0 aliphatic rings. The van der Waals surface area contributed by atoms with Crippen molar-refractivity contribution in [2.45, 2.75) is 32.9 Å². The average molecular weight is 244 g/mol. The van der Waals surface area contributed by atoms with E-state index in [-0.39, 0.29) is 24.0 Å². The zero-order valence-corrected chi connectivity index (χ0v) is 11.3. The number of hydrogen-bond acceptors (Lipinski definition) is 3. The van der Waals surface area contributed by atoms with Gasteiger partial charge in [0.2, 0.25) is 5.91 Å². The molecule has 0 saturated heterocycles. The van der Waals surface area contributed by atoms with Gasteiger partial charge in [-0.2, -0.15) is 0 Å². The minimum Gasteiger partial charge on any atom is -0.353 e. The lowest BCUT2D eigenvalue weighted by Gasteiger charge is -2.17. The summed E-state index contributed by atoms with van der Waals surface area (Å²) in [6.45, 7) is 6.69. The number of hydrogen-bond donors (Lipinski definition) is 3. The molecule has 0 aliphatic heterocycles. The van der Waals surface area contributed by atoms with Crippen LogP contribution in [0.25, 0.3) is 0 Å². The van der Waals surface area contributed by atoms with Crippen LogP contribution < -0.4 is 16.0 Å². The Kier molecular flexibility index (Phi) is 7.29. The molecule has 1 unspecified atom stereocenters. The van der Waals surface area contributed by atoms with E-state index in [1.54, 1.807) is 21.0 Å². The second-order valence-electron chi connectivity index (χ2n) is 4.47. The molecule has 0 aromatic carbocycles. The molecule has 0 aromatic heterocycles. The first-order valence-electron chi connectivity index (χ1n) is 5.83. The fourth-order valence-corrected chi connectivity index (χ4v) is 1.12. The molecule has 3 N–H and O–H groups in total. The van der Waals surface area contributed by atoms with Crippen LogP contribution in [0.4, 0.5) is 4.79 Å². The summed E-state index contributed by atoms with van der Waals surface area (Å²) >= 11 is 0. The first-order chi connectivity index (χ1) is 7.84. The van der Waals surface area contributed by atoms with Crippen LogP contribution in [0.15, 0.2) is 0 Å². The van der Waals surface area contributed by atoms with Crippen LogP contribution >= 0.6 is 0 Å². The first kappa shape index (κ1) is 15.7. The van der Waals surface area contributed by atoms with E-state index in [0.29, 0.717) is 13.1 Å². The van der Waals surface area contributed by atoms with Gasteiger partial charge in [-0.3, -0.25) is 4.79 Å². The molecule has 0 aromatic rings. The quantitative estimate of drug-likeness (QED) is 0.565. The fourth-order valence-electron chi connectivity index (χ4n) is 1.12. The van der Waals surface area contributed by atoms with E-state index in [1.165, 1.54) is 4.90 Å². The highest BCUT2D eigenvalue weighted by atomic mass is 16.2. The van der Waals surface area contributed by atoms with Crippen molar-refractivity contribution < 1.29 is 9.59 Å². The third-order valence-corrected chi connectivity index (χ3v) is 2.08. The van der Waals surface area contributed by atoms with E-state index < -0.39 is 0 Å². The van der Waals surface area contributed by atoms with Gasteiger partial charge in [-0.1, -0.05) is 0 Å². The molecule has 0 rings (SSSR count). The number of nitrogens with zero attached hydrogens (tertiary/aromatic N) is 1. The van der Waals surface area contributed by atoms with Crippen LogP contribution in [0.2, 0.25) is 0 Å². The van der Waals surface area contributed by atoms with Crippen LogP contribution in [0.3, 0.4) is 0 Å². The zero-order valence-electron chi connectivity index (χ0n) is 11.3. The smallest absolute Gasteiger partial charge is 0.316 e. The Morgan fingerprint density at radius 1 is 1.12 bits per heavy atom. The van der Waals surface area contributed by atoms with Crippen molar-refractivity contribution in [3.05, 3.63) is 0 Å². The van der Waals surface area contributed by atoms with Crippen LogP contribution in [0.5, 0.6) is 0 Å². The Balaban J connectivity index is 3.68. The molecule has 0 bridgehead atoms. The van der Waals surface area contributed by atoms with E-state index in [2.05, 4.69) is 16.0 Å². The lowest BCUT2D eigenvalue weighted by Crippen LogP contribution is -2.47. The fraction of sp³-hybridized carbons (Fsp3) is 0.818. The lowest BCUT2D eigenvalue weighted by molar-refractivity contribution is -0.123. The highest BCUT2D eigenvalue weighted by Crippen LogP contribution is 1.84. The van der Waals surface area contributed by atoms with Crippen molar-refractivity contribution >= 4 is 11.9 Å². The number of carbonyl (C=O) groups excluding carboxylic acids is 2. The van der Waals surface area contributed by atoms with Crippen molar-refractivity contribution in [2.24, 2.45) is 0 Å². The second kappa shape index (κ2) is 7.89. The summed E-state index contributed by atoms with van der Waals surface area (Å²) < 4.78 is 0. The van der Waals surface area contributed by atoms with Gasteiger partial charge >= 0.3 is 6.03 Å². The van der Waals surface area contributed by atoms with Crippen molar-refractivity contribution in [2.75, 3.05) is 27.2 Å². The summed E-state index contributed by atoms with van der Waals surface area (Å²) in [5, 5.41) is 8.56. The zero-order chi connectivity index (χ0) is 13.4. The summed E-state index contributed by atoms with van der Waals surface area (Å²) in [5.41, 5.74) is 0. The maximum Gasteiger partial charge on any atom is 0.316 e. The van der Waals surface area contributed by atoms with E-state index in [0.717, 1.165) is 0 Å². The number of nitrogens with one attached hydrogen (secondary N) is 3. The Hall–Kier alpha value is -1.30. The Morgan fingerprint density at radius 3 is 2.18 bits per heavy atom. The third kappa shape index (κ3) is 7.57. The summed E-state index contributed by atoms with van der Waals surface area (Å²) in [6, 6.07) is -0.250. The number of urea groups is 1. The summed E-state index contributed by atoms with van der Waals surface area (Å²) in [5.74, 6) is -0.0288. The summed E-state index contributed by atoms with van der Waals surface area (Å²) in [4.78, 5) is 24.2. The van der Waals surface area contributed by atoms with E-state index in [9.17, 15) is 9.59 Å². The molecule has 1 atom stereocenters. The second-order valence-corrected chi connectivity index (χ2v) is 4.47. The van der Waals surface area contributed by atoms with Crippen molar-refractivity contribution in [3.8, 4) is 0 Å². The number of rotatable bonds is 6. The minimum atomic E-state index is -0.256. The standard InChI is InChI=1S/C11H24N4O2/c1-8(2)14-10(16)9(3)12-6-7-13-11(17)15(4)5/h8-9,12H,6-7H2,1-5H3,(H,13,17)(H,14,16). The molecule has 0 saturated carbocycles. The van der Waals surface area contributed by atoms with Crippen molar-refractivity contribution in [3.63, 3.8) is 0 Å². The van der Waals surface area contributed by atoms with Crippen molar-refractivity contribution in [1.82, 2.24) is 20.9 Å². The van der Waals surface area contributed by atoms with Crippen LogP contribution in [0.1, 0.15) is 20.8 Å². The Labute approximate surface area is 103 Å². The van der Waals surface area contributed by atoms with Crippen LogP contribution in [-0.2, 0) is 4.79 Å². The lowest BCUT2D eigenvalue weighted by atomic mass is 10.3. The summed E-state index contributed by atoms with van der Waals surface area (Å²) in [7, 11) is 3.36. The normalized spacial score (nSPS) is 12.1. The molecule has 17 heavy (non-hydrogen) atoms. The molecule has 6 nitrogen and oxygen atoms in total. The molecule has 100 valence electrons. The van der Waals surface area contributed by atoms with Gasteiger partial charge in [0.15, 0.2) is 0 Å². The van der Waals surface area contributed by atoms with E-state index in [1.807, 2.05) is 13.8 Å². The highest BCUT2D eigenvalue weighted by molar-refractivity contribution is 5.81. The minimum absolute atomic E-state index is 0.0288. The largest absolute Gasteiger partial charge is 0.353 e. The van der Waals surface area contributed by atoms with Gasteiger partial charge in [-0.25, -0.2) is 4.79 Å². The molecule has 0 radical (unpaired) electrons. The molecular formula is C11H24N4O2. The van der Waals surface area contributed by atoms with Gasteiger partial charge in [0, 0.05) is 33.2 Å². The molecule has 3 amide bonds. The van der Waals surface area contributed by atoms with E-state index >= 15 is 0 Å². The first-order valence-corrected chi connectivity index (χ1v) is 5.83. The van der Waals surface area contributed by atoms with Gasteiger partial charge in [-0.15, -0.1) is 0 Å². The molecule has 0 spiro atoms. The number of amides is 3. The maximum absolute atomic E-state index is 11.5. The average Bonchev–Trinajstić information content (AvgIpc) is 2.22. The predicted molar refractivity (Wildman–Crippen MR) is 67.8 cm³/mol. The SMILES string of the molecule is CC(C)NC(=O)C(C)NCCNC(=O)N(C)C. The highest BCUT2D eigenvalue weighted by Gasteiger charge is 2.12. The van der Waals surface area contributed by atoms with E-state index in [4.69, 9.17) is 0 Å². The predicted octanol–water partition coefficient (Wildman–Crippen LogP) is -0.240. The molecule has 0 heterocycles. The van der Waals surface area contributed by atoms with Gasteiger partial charge in [0.05, 0.1) is 6.04 Å². The van der Waals surface area contributed by atoms with Gasteiger partial charge in [-0.05, 0) is 20.8 Å². The third-order valence-electron chi connectivity index (χ3n) is 2.08. The summed E-state index contributed by atoms with van der Waals surface area (Å²) in [6.07, 6.45) is 0. The maximum atomic E-state index is 11.5. The van der Waals surface area contributed by atoms with Crippen LogP contribution in [-0.4, -0.2) is 56.1 Å². The van der Waals surface area contributed by atoms with Gasteiger partial charge in [0.25, 0.3) is 0 Å². The molecule has 6 heteroatoms. The number of carbonyl (C=O) groups is 2. The molecule has 0 fully saturated rings. The topological polar surface area (TPSA) is 73.5 Å². The molecular weight excluding hydrogens is 220 g/mol. The van der Waals surface area contributed by atoms with Crippen LogP contribution in [0, 0.1) is 0 Å². The Morgan fingerprint density at radius 2 is 1.71 bits per heavy atom. The monoisotopic (exact) mass is 244 g/mol.